The molecule has 1 fully saturated rings. The van der Waals surface area contributed by atoms with Crippen LogP contribution < -0.4 is 5.48 Å². The highest BCUT2D eigenvalue weighted by molar-refractivity contribution is 5.83. The highest BCUT2D eigenvalue weighted by Crippen LogP contribution is 2.20. The molecule has 96 valence electrons. The van der Waals surface area contributed by atoms with Crippen LogP contribution in [0.15, 0.2) is 30.5 Å². The van der Waals surface area contributed by atoms with E-state index in [4.69, 9.17) is 5.21 Å². The Bertz CT molecular complexity index is 529. The van der Waals surface area contributed by atoms with Gasteiger partial charge in [-0.05, 0) is 49.5 Å². The Labute approximate surface area is 107 Å². The highest BCUT2D eigenvalue weighted by Gasteiger charge is 2.11. The van der Waals surface area contributed by atoms with E-state index in [1.165, 1.54) is 36.8 Å². The molecule has 1 saturated heterocycles. The van der Waals surface area contributed by atoms with Gasteiger partial charge in [-0.1, -0.05) is 6.07 Å². The van der Waals surface area contributed by atoms with E-state index in [0.717, 1.165) is 18.8 Å². The van der Waals surface area contributed by atoms with Crippen LogP contribution in [0.4, 0.5) is 5.69 Å². The van der Waals surface area contributed by atoms with Crippen LogP contribution in [0.25, 0.3) is 10.9 Å². The number of nitrogens with zero attached hydrogens (tertiary/aromatic N) is 2. The lowest BCUT2D eigenvalue weighted by Crippen LogP contribution is -2.23. The lowest BCUT2D eigenvalue weighted by molar-refractivity contribution is 0.324. The number of benzene rings is 1. The molecule has 4 nitrogen and oxygen atoms in total. The normalized spacial score (nSPS) is 16.5. The topological polar surface area (TPSA) is 40.4 Å². The van der Waals surface area contributed by atoms with Crippen LogP contribution in [0, 0.1) is 0 Å². The molecule has 2 aromatic rings. The maximum atomic E-state index is 8.96. The Hall–Kier alpha value is -1.52. The monoisotopic (exact) mass is 245 g/mol. The molecule has 3 rings (SSSR count). The van der Waals surface area contributed by atoms with Gasteiger partial charge in [-0.25, -0.2) is 0 Å². The molecule has 0 bridgehead atoms. The fourth-order valence-corrected chi connectivity index (χ4v) is 2.70. The van der Waals surface area contributed by atoms with Gasteiger partial charge in [0.1, 0.15) is 0 Å². The van der Waals surface area contributed by atoms with E-state index in [1.807, 2.05) is 18.2 Å². The summed E-state index contributed by atoms with van der Waals surface area (Å²) < 4.78 is 2.26. The summed E-state index contributed by atoms with van der Waals surface area (Å²) in [5, 5.41) is 10.2. The number of fused-ring (bicyclic) bond motifs is 1. The second kappa shape index (κ2) is 5.00. The molecule has 2 N–H and O–H groups in total. The minimum Gasteiger partial charge on any atom is -0.346 e. The Morgan fingerprint density at radius 3 is 2.72 bits per heavy atom. The first-order valence-corrected chi connectivity index (χ1v) is 6.58. The van der Waals surface area contributed by atoms with Crippen molar-refractivity contribution in [2.45, 2.75) is 19.4 Å². The SMILES string of the molecule is ONc1ccc2ccn(CCN3CCCC3)c2c1. The number of hydrogen-bond donors (Lipinski definition) is 2. The third-order valence-electron chi connectivity index (χ3n) is 3.76. The van der Waals surface area contributed by atoms with E-state index in [-0.39, 0.29) is 0 Å². The van der Waals surface area contributed by atoms with Crippen molar-refractivity contribution in [3.8, 4) is 0 Å². The Morgan fingerprint density at radius 1 is 1.11 bits per heavy atom. The Kier molecular flexibility index (Phi) is 3.21. The maximum absolute atomic E-state index is 8.96. The molecule has 2 heterocycles. The molecule has 4 heteroatoms. The molecule has 0 saturated carbocycles. The molecule has 1 aromatic carbocycles. The van der Waals surface area contributed by atoms with Gasteiger partial charge in [0.2, 0.25) is 0 Å². The molecule has 1 aliphatic rings. The smallest absolute Gasteiger partial charge is 0.0623 e. The molecular formula is C14H19N3O. The summed E-state index contributed by atoms with van der Waals surface area (Å²) in [4.78, 5) is 2.51. The van der Waals surface area contributed by atoms with Gasteiger partial charge in [0.25, 0.3) is 0 Å². The fourth-order valence-electron chi connectivity index (χ4n) is 2.70. The average molecular weight is 245 g/mol. The number of nitrogens with one attached hydrogen (secondary N) is 1. The summed E-state index contributed by atoms with van der Waals surface area (Å²) in [6, 6.07) is 8.02. The van der Waals surface area contributed by atoms with Crippen molar-refractivity contribution < 1.29 is 5.21 Å². The van der Waals surface area contributed by atoms with Crippen molar-refractivity contribution in [2.75, 3.05) is 25.1 Å². The molecular weight excluding hydrogens is 226 g/mol. The molecule has 0 unspecified atom stereocenters. The van der Waals surface area contributed by atoms with E-state index >= 15 is 0 Å². The number of likely N-dealkylation sites (tertiary alicyclic amines) is 1. The predicted molar refractivity (Wildman–Crippen MR) is 73.0 cm³/mol. The summed E-state index contributed by atoms with van der Waals surface area (Å²) in [5.41, 5.74) is 4.12. The summed E-state index contributed by atoms with van der Waals surface area (Å²) in [5.74, 6) is 0. The van der Waals surface area contributed by atoms with E-state index < -0.39 is 0 Å². The molecule has 1 aliphatic heterocycles. The van der Waals surface area contributed by atoms with Crippen LogP contribution in [-0.2, 0) is 6.54 Å². The van der Waals surface area contributed by atoms with Crippen molar-refractivity contribution in [1.29, 1.82) is 0 Å². The van der Waals surface area contributed by atoms with Gasteiger partial charge in [-0.15, -0.1) is 0 Å². The summed E-state index contributed by atoms with van der Waals surface area (Å²) in [6.07, 6.45) is 4.80. The minimum absolute atomic E-state index is 0.739. The highest BCUT2D eigenvalue weighted by atomic mass is 16.5. The number of aromatic nitrogens is 1. The molecule has 1 aromatic heterocycles. The maximum Gasteiger partial charge on any atom is 0.0623 e. The first-order valence-electron chi connectivity index (χ1n) is 6.58. The zero-order valence-electron chi connectivity index (χ0n) is 10.5. The van der Waals surface area contributed by atoms with Gasteiger partial charge in [-0.2, -0.15) is 0 Å². The Morgan fingerprint density at radius 2 is 1.94 bits per heavy atom. The number of anilines is 1. The largest absolute Gasteiger partial charge is 0.346 e. The number of rotatable bonds is 4. The van der Waals surface area contributed by atoms with Crippen LogP contribution >= 0.6 is 0 Å². The summed E-state index contributed by atoms with van der Waals surface area (Å²) >= 11 is 0. The second-order valence-corrected chi connectivity index (χ2v) is 4.94. The molecule has 0 spiro atoms. The molecule has 0 atom stereocenters. The lowest BCUT2D eigenvalue weighted by atomic mass is 10.2. The van der Waals surface area contributed by atoms with Gasteiger partial charge in [0.15, 0.2) is 0 Å². The zero-order chi connectivity index (χ0) is 12.4. The van der Waals surface area contributed by atoms with Crippen LogP contribution in [-0.4, -0.2) is 34.3 Å². The summed E-state index contributed by atoms with van der Waals surface area (Å²) in [6.45, 7) is 4.60. The van der Waals surface area contributed by atoms with E-state index in [2.05, 4.69) is 27.2 Å². The van der Waals surface area contributed by atoms with Crippen molar-refractivity contribution in [1.82, 2.24) is 9.47 Å². The van der Waals surface area contributed by atoms with E-state index in [1.54, 1.807) is 0 Å². The predicted octanol–water partition coefficient (Wildman–Crippen LogP) is 2.54. The van der Waals surface area contributed by atoms with Gasteiger partial charge >= 0.3 is 0 Å². The minimum atomic E-state index is 0.739. The third-order valence-corrected chi connectivity index (χ3v) is 3.76. The van der Waals surface area contributed by atoms with Crippen LogP contribution in [0.2, 0.25) is 0 Å². The molecule has 0 radical (unpaired) electrons. The first kappa shape index (κ1) is 11.6. The van der Waals surface area contributed by atoms with Crippen LogP contribution in [0.1, 0.15) is 12.8 Å². The molecule has 0 aliphatic carbocycles. The molecule has 18 heavy (non-hydrogen) atoms. The summed E-state index contributed by atoms with van der Waals surface area (Å²) in [7, 11) is 0. The fraction of sp³-hybridized carbons (Fsp3) is 0.429. The van der Waals surface area contributed by atoms with E-state index in [0.29, 0.717) is 0 Å². The van der Waals surface area contributed by atoms with Gasteiger partial charge in [-0.3, -0.25) is 10.7 Å². The third kappa shape index (κ3) is 2.21. The quantitative estimate of drug-likeness (QED) is 0.813. The van der Waals surface area contributed by atoms with Crippen LogP contribution in [0.3, 0.4) is 0 Å². The van der Waals surface area contributed by atoms with Crippen molar-refractivity contribution in [3.05, 3.63) is 30.5 Å². The van der Waals surface area contributed by atoms with Crippen molar-refractivity contribution in [3.63, 3.8) is 0 Å². The first-order chi connectivity index (χ1) is 8.86. The van der Waals surface area contributed by atoms with Crippen LogP contribution in [0.5, 0.6) is 0 Å². The lowest BCUT2D eigenvalue weighted by Gasteiger charge is -2.15. The Balaban J connectivity index is 1.78. The zero-order valence-corrected chi connectivity index (χ0v) is 10.5. The van der Waals surface area contributed by atoms with Gasteiger partial charge in [0.05, 0.1) is 11.2 Å². The standard InChI is InChI=1S/C14H19N3O/c18-15-13-4-3-12-5-8-17(14(12)11-13)10-9-16-6-1-2-7-16/h3-5,8,11,15,18H,1-2,6-7,9-10H2. The van der Waals surface area contributed by atoms with Gasteiger partial charge < -0.3 is 9.47 Å². The van der Waals surface area contributed by atoms with Gasteiger partial charge in [0, 0.05) is 19.3 Å². The second-order valence-electron chi connectivity index (χ2n) is 4.94. The van der Waals surface area contributed by atoms with Crippen molar-refractivity contribution >= 4 is 16.6 Å². The molecule has 0 amide bonds. The number of hydrogen-bond acceptors (Lipinski definition) is 3. The average Bonchev–Trinajstić information content (AvgIpc) is 3.05. The van der Waals surface area contributed by atoms with E-state index in [9.17, 15) is 0 Å². The van der Waals surface area contributed by atoms with Crippen molar-refractivity contribution in [2.24, 2.45) is 0 Å².